The molecule has 3 heterocycles. The predicted molar refractivity (Wildman–Crippen MR) is 122 cm³/mol. The molecule has 1 unspecified atom stereocenters. The molecule has 4 rings (SSSR count). The largest absolute Gasteiger partial charge is 0.491 e. The van der Waals surface area contributed by atoms with E-state index < -0.39 is 24.7 Å². The molecule has 0 radical (unpaired) electrons. The van der Waals surface area contributed by atoms with Crippen molar-refractivity contribution in [2.24, 2.45) is 0 Å². The van der Waals surface area contributed by atoms with Crippen molar-refractivity contribution >= 4 is 29.2 Å². The number of alkyl halides is 3. The molecule has 0 spiro atoms. The van der Waals surface area contributed by atoms with Gasteiger partial charge in [-0.05, 0) is 35.7 Å². The minimum absolute atomic E-state index is 0.175. The second-order valence-corrected chi connectivity index (χ2v) is 8.98. The fourth-order valence-corrected chi connectivity index (χ4v) is 4.71. The Morgan fingerprint density at radius 1 is 1.22 bits per heavy atom. The van der Waals surface area contributed by atoms with E-state index in [9.17, 15) is 27.6 Å². The van der Waals surface area contributed by atoms with E-state index in [0.717, 1.165) is 30.6 Å². The average molecular weight is 523 g/mol. The lowest BCUT2D eigenvalue weighted by Crippen LogP contribution is -2.30. The zero-order chi connectivity index (χ0) is 25.7. The van der Waals surface area contributed by atoms with Gasteiger partial charge in [-0.25, -0.2) is 14.6 Å². The van der Waals surface area contributed by atoms with Crippen LogP contribution < -0.4 is 15.4 Å². The van der Waals surface area contributed by atoms with E-state index in [2.05, 4.69) is 20.4 Å². The number of amides is 1. The molecule has 1 aromatic carbocycles. The lowest BCUT2D eigenvalue weighted by Gasteiger charge is -2.20. The van der Waals surface area contributed by atoms with Gasteiger partial charge >= 0.3 is 18.1 Å². The third-order valence-electron chi connectivity index (χ3n) is 5.36. The summed E-state index contributed by atoms with van der Waals surface area (Å²) in [6.45, 7) is 1.04. The molecule has 190 valence electrons. The first-order valence-electron chi connectivity index (χ1n) is 10.8. The SMILES string of the molecule is O=C(COc1ccc(C(CNC(=O)c2cc3c(s2)CCNC3)n2ccnc2)cc1)OC(=O)C(F)(F)F. The first-order chi connectivity index (χ1) is 17.2. The molecule has 9 nitrogen and oxygen atoms in total. The summed E-state index contributed by atoms with van der Waals surface area (Å²) in [5.41, 5.74) is 1.93. The van der Waals surface area contributed by atoms with Crippen molar-refractivity contribution in [1.82, 2.24) is 20.2 Å². The lowest BCUT2D eigenvalue weighted by molar-refractivity contribution is -0.202. The summed E-state index contributed by atoms with van der Waals surface area (Å²) in [6, 6.07) is 8.01. The number of nitrogens with zero attached hydrogens (tertiary/aromatic N) is 2. The summed E-state index contributed by atoms with van der Waals surface area (Å²) >= 11 is 1.49. The van der Waals surface area contributed by atoms with Gasteiger partial charge in [0.2, 0.25) is 0 Å². The van der Waals surface area contributed by atoms with Crippen LogP contribution in [0.15, 0.2) is 49.1 Å². The second-order valence-electron chi connectivity index (χ2n) is 7.84. The van der Waals surface area contributed by atoms with Gasteiger partial charge in [0.25, 0.3) is 5.91 Å². The van der Waals surface area contributed by atoms with E-state index in [-0.39, 0.29) is 24.2 Å². The van der Waals surface area contributed by atoms with Crippen molar-refractivity contribution in [3.63, 3.8) is 0 Å². The van der Waals surface area contributed by atoms with Crippen LogP contribution in [0, 0.1) is 0 Å². The van der Waals surface area contributed by atoms with Crippen LogP contribution in [0.2, 0.25) is 0 Å². The number of halogens is 3. The van der Waals surface area contributed by atoms with Crippen LogP contribution in [0.4, 0.5) is 13.2 Å². The summed E-state index contributed by atoms with van der Waals surface area (Å²) in [4.78, 5) is 40.9. The fraction of sp³-hybridized carbons (Fsp3) is 0.304. The number of nitrogens with one attached hydrogen (secondary N) is 2. The molecule has 2 aromatic heterocycles. The number of thiophene rings is 1. The third kappa shape index (κ3) is 6.29. The van der Waals surface area contributed by atoms with Gasteiger partial charge < -0.3 is 24.7 Å². The quantitative estimate of drug-likeness (QED) is 0.346. The first kappa shape index (κ1) is 25.4. The number of carbonyl (C=O) groups excluding carboxylic acids is 3. The van der Waals surface area contributed by atoms with Gasteiger partial charge in [0.1, 0.15) is 5.75 Å². The van der Waals surface area contributed by atoms with E-state index in [0.29, 0.717) is 4.88 Å². The van der Waals surface area contributed by atoms with Gasteiger partial charge in [-0.3, -0.25) is 4.79 Å². The van der Waals surface area contributed by atoms with Crippen molar-refractivity contribution in [2.45, 2.75) is 25.2 Å². The molecule has 0 saturated heterocycles. The number of hydrogen-bond acceptors (Lipinski definition) is 8. The molecule has 2 N–H and O–H groups in total. The molecule has 0 aliphatic carbocycles. The summed E-state index contributed by atoms with van der Waals surface area (Å²) in [6.07, 6.45) is 0.611. The Labute approximate surface area is 207 Å². The number of rotatable bonds is 8. The first-order valence-corrected chi connectivity index (χ1v) is 11.6. The van der Waals surface area contributed by atoms with Gasteiger partial charge in [0.05, 0.1) is 17.2 Å². The molecule has 13 heteroatoms. The highest BCUT2D eigenvalue weighted by atomic mass is 32.1. The highest BCUT2D eigenvalue weighted by molar-refractivity contribution is 7.14. The molecule has 3 aromatic rings. The number of imidazole rings is 1. The number of aromatic nitrogens is 2. The third-order valence-corrected chi connectivity index (χ3v) is 6.60. The van der Waals surface area contributed by atoms with Gasteiger partial charge in [-0.2, -0.15) is 13.2 Å². The Balaban J connectivity index is 1.37. The van der Waals surface area contributed by atoms with Crippen molar-refractivity contribution in [1.29, 1.82) is 0 Å². The number of esters is 2. The maximum absolute atomic E-state index is 12.8. The average Bonchev–Trinajstić information content (AvgIpc) is 3.53. The van der Waals surface area contributed by atoms with E-state index in [4.69, 9.17) is 4.74 Å². The number of benzene rings is 1. The zero-order valence-electron chi connectivity index (χ0n) is 18.7. The predicted octanol–water partition coefficient (Wildman–Crippen LogP) is 2.62. The van der Waals surface area contributed by atoms with E-state index in [1.54, 1.807) is 30.9 Å². The molecule has 1 aliphatic heterocycles. The summed E-state index contributed by atoms with van der Waals surface area (Å²) in [7, 11) is 0. The number of carbonyl (C=O) groups is 3. The van der Waals surface area contributed by atoms with Crippen LogP contribution in [0.25, 0.3) is 0 Å². The zero-order valence-corrected chi connectivity index (χ0v) is 19.5. The van der Waals surface area contributed by atoms with Gasteiger partial charge in [-0.1, -0.05) is 12.1 Å². The van der Waals surface area contributed by atoms with E-state index in [1.807, 2.05) is 10.6 Å². The molecule has 1 atom stereocenters. The fourth-order valence-electron chi connectivity index (χ4n) is 3.61. The monoisotopic (exact) mass is 522 g/mol. The molecule has 0 fully saturated rings. The van der Waals surface area contributed by atoms with Crippen molar-refractivity contribution < 1.29 is 37.0 Å². The molecule has 1 aliphatic rings. The molecule has 0 saturated carbocycles. The normalized spacial score (nSPS) is 14.0. The summed E-state index contributed by atoms with van der Waals surface area (Å²) in [5.74, 6) is -4.06. The Bertz CT molecular complexity index is 1200. The smallest absolute Gasteiger partial charge is 0.482 e. The Kier molecular flexibility index (Phi) is 7.70. The van der Waals surface area contributed by atoms with Crippen LogP contribution >= 0.6 is 11.3 Å². The van der Waals surface area contributed by atoms with Crippen LogP contribution in [-0.4, -0.2) is 53.3 Å². The van der Waals surface area contributed by atoms with Crippen LogP contribution in [-0.2, 0) is 27.3 Å². The van der Waals surface area contributed by atoms with Crippen molar-refractivity contribution in [3.8, 4) is 5.75 Å². The Hall–Kier alpha value is -3.71. The number of ether oxygens (including phenoxy) is 2. The standard InChI is InChI=1S/C23H21F3N4O5S/c24-23(25,26)22(33)35-20(31)12-34-16-3-1-14(2-4-16)17(30-8-7-28-13-30)11-29-21(32)19-9-15-10-27-6-5-18(15)36-19/h1-4,7-9,13,17,27H,5-6,10-12H2,(H,29,32). The number of hydrogen-bond donors (Lipinski definition) is 2. The molecule has 36 heavy (non-hydrogen) atoms. The maximum atomic E-state index is 12.8. The Morgan fingerprint density at radius 2 is 2.00 bits per heavy atom. The molecule has 0 bridgehead atoms. The highest BCUT2D eigenvalue weighted by Crippen LogP contribution is 2.26. The second kappa shape index (κ2) is 10.9. The van der Waals surface area contributed by atoms with Crippen molar-refractivity contribution in [2.75, 3.05) is 19.7 Å². The van der Waals surface area contributed by atoms with Gasteiger partial charge in [0.15, 0.2) is 6.61 Å². The minimum Gasteiger partial charge on any atom is -0.482 e. The molecule has 1 amide bonds. The summed E-state index contributed by atoms with van der Waals surface area (Å²) in [5, 5.41) is 6.25. The molecular formula is C23H21F3N4O5S. The van der Waals surface area contributed by atoms with Crippen LogP contribution in [0.3, 0.4) is 0 Å². The van der Waals surface area contributed by atoms with Crippen molar-refractivity contribution in [3.05, 3.63) is 69.9 Å². The van der Waals surface area contributed by atoms with E-state index in [1.165, 1.54) is 28.3 Å². The molecular weight excluding hydrogens is 501 g/mol. The minimum atomic E-state index is -5.27. The topological polar surface area (TPSA) is 112 Å². The van der Waals surface area contributed by atoms with Gasteiger partial charge in [-0.15, -0.1) is 11.3 Å². The van der Waals surface area contributed by atoms with Gasteiger partial charge in [0, 0.05) is 36.9 Å². The Morgan fingerprint density at radius 3 is 2.67 bits per heavy atom. The van der Waals surface area contributed by atoms with Crippen LogP contribution in [0.5, 0.6) is 5.75 Å². The van der Waals surface area contributed by atoms with E-state index >= 15 is 0 Å². The summed E-state index contributed by atoms with van der Waals surface area (Å²) < 4.78 is 47.1. The van der Waals surface area contributed by atoms with Crippen LogP contribution in [0.1, 0.15) is 31.7 Å². The highest BCUT2D eigenvalue weighted by Gasteiger charge is 2.42. The lowest BCUT2D eigenvalue weighted by atomic mass is 10.1. The number of fused-ring (bicyclic) bond motifs is 1. The maximum Gasteiger partial charge on any atom is 0.491 e.